The van der Waals surface area contributed by atoms with Crippen molar-refractivity contribution in [2.75, 3.05) is 11.4 Å². The van der Waals surface area contributed by atoms with Gasteiger partial charge in [0.25, 0.3) is 0 Å². The van der Waals surface area contributed by atoms with E-state index in [2.05, 4.69) is 15.9 Å². The number of ether oxygens (including phenoxy) is 1. The Bertz CT molecular complexity index is 481. The zero-order chi connectivity index (χ0) is 11.7. The number of hydrogen-bond donors (Lipinski definition) is 0. The lowest BCUT2D eigenvalue weighted by Crippen LogP contribution is -2.24. The van der Waals surface area contributed by atoms with Crippen LogP contribution in [0.3, 0.4) is 0 Å². The molecule has 0 spiro atoms. The summed E-state index contributed by atoms with van der Waals surface area (Å²) < 4.78 is 5.69. The molecule has 1 atom stereocenters. The molecule has 5 heteroatoms. The molecule has 1 aliphatic rings. The molecule has 2 rings (SSSR count). The van der Waals surface area contributed by atoms with Crippen LogP contribution >= 0.6 is 15.9 Å². The van der Waals surface area contributed by atoms with Gasteiger partial charge in [0.05, 0.1) is 12.2 Å². The standard InChI is InChI=1S/C11H9BrN2O2/c1-7-2-3-10(9(12)4-7)14-6-8(5-13)16-11(14)15/h2-4,8H,6H2,1H3. The van der Waals surface area contributed by atoms with Crippen LogP contribution in [0.2, 0.25) is 0 Å². The second-order valence-corrected chi connectivity index (χ2v) is 4.42. The number of halogens is 1. The smallest absolute Gasteiger partial charge is 0.415 e. The van der Waals surface area contributed by atoms with Gasteiger partial charge in [0.2, 0.25) is 6.10 Å². The molecular weight excluding hydrogens is 272 g/mol. The molecule has 1 fully saturated rings. The molecular formula is C11H9BrN2O2. The second kappa shape index (κ2) is 4.14. The predicted octanol–water partition coefficient (Wildman–Crippen LogP) is 2.61. The Morgan fingerprint density at radius 2 is 2.38 bits per heavy atom. The number of cyclic esters (lactones) is 1. The topological polar surface area (TPSA) is 53.3 Å². The van der Waals surface area contributed by atoms with Crippen molar-refractivity contribution in [2.24, 2.45) is 0 Å². The molecule has 1 unspecified atom stereocenters. The van der Waals surface area contributed by atoms with Crippen molar-refractivity contribution in [1.29, 1.82) is 5.26 Å². The average Bonchev–Trinajstić information content (AvgIpc) is 2.60. The number of amides is 1. The van der Waals surface area contributed by atoms with Crippen LogP contribution in [-0.4, -0.2) is 18.7 Å². The van der Waals surface area contributed by atoms with Crippen LogP contribution in [-0.2, 0) is 4.74 Å². The minimum absolute atomic E-state index is 0.275. The molecule has 1 aromatic rings. The van der Waals surface area contributed by atoms with Gasteiger partial charge >= 0.3 is 6.09 Å². The first kappa shape index (κ1) is 11.0. The average molecular weight is 281 g/mol. The van der Waals surface area contributed by atoms with E-state index in [4.69, 9.17) is 10.00 Å². The maximum Gasteiger partial charge on any atom is 0.415 e. The molecule has 1 saturated heterocycles. The first-order valence-electron chi connectivity index (χ1n) is 4.75. The van der Waals surface area contributed by atoms with Gasteiger partial charge in [-0.3, -0.25) is 4.90 Å². The molecule has 1 heterocycles. The molecule has 0 aromatic heterocycles. The third-order valence-corrected chi connectivity index (χ3v) is 2.98. The summed E-state index contributed by atoms with van der Waals surface area (Å²) in [5.74, 6) is 0. The number of rotatable bonds is 1. The van der Waals surface area contributed by atoms with Gasteiger partial charge in [0.1, 0.15) is 6.07 Å². The third kappa shape index (κ3) is 1.89. The Kier molecular flexibility index (Phi) is 2.84. The molecule has 0 aliphatic carbocycles. The fraction of sp³-hybridized carbons (Fsp3) is 0.273. The van der Waals surface area contributed by atoms with Gasteiger partial charge in [-0.05, 0) is 40.5 Å². The van der Waals surface area contributed by atoms with Crippen molar-refractivity contribution in [3.05, 3.63) is 28.2 Å². The number of aryl methyl sites for hydroxylation is 1. The van der Waals surface area contributed by atoms with E-state index in [1.54, 1.807) is 0 Å². The zero-order valence-electron chi connectivity index (χ0n) is 8.61. The van der Waals surface area contributed by atoms with Gasteiger partial charge in [-0.15, -0.1) is 0 Å². The molecule has 0 radical (unpaired) electrons. The molecule has 1 amide bonds. The van der Waals surface area contributed by atoms with E-state index in [0.717, 1.165) is 15.7 Å². The normalized spacial score (nSPS) is 19.4. The number of anilines is 1. The number of carbonyl (C=O) groups excluding carboxylic acids is 1. The Hall–Kier alpha value is -1.54. The van der Waals surface area contributed by atoms with Crippen LogP contribution in [0.4, 0.5) is 10.5 Å². The highest BCUT2D eigenvalue weighted by Gasteiger charge is 2.33. The van der Waals surface area contributed by atoms with Crippen LogP contribution in [0.1, 0.15) is 5.56 Å². The van der Waals surface area contributed by atoms with Crippen LogP contribution < -0.4 is 4.90 Å². The number of hydrogen-bond acceptors (Lipinski definition) is 3. The first-order chi connectivity index (χ1) is 7.61. The minimum atomic E-state index is -0.680. The molecule has 0 bridgehead atoms. The Morgan fingerprint density at radius 1 is 1.62 bits per heavy atom. The van der Waals surface area contributed by atoms with Gasteiger partial charge < -0.3 is 4.74 Å². The highest BCUT2D eigenvalue weighted by Crippen LogP contribution is 2.30. The second-order valence-electron chi connectivity index (χ2n) is 3.57. The fourth-order valence-corrected chi connectivity index (χ4v) is 2.26. The summed E-state index contributed by atoms with van der Waals surface area (Å²) >= 11 is 3.39. The molecule has 16 heavy (non-hydrogen) atoms. The van der Waals surface area contributed by atoms with Gasteiger partial charge in [-0.1, -0.05) is 6.07 Å². The molecule has 1 aliphatic heterocycles. The van der Waals surface area contributed by atoms with Crippen LogP contribution in [0.25, 0.3) is 0 Å². The highest BCUT2D eigenvalue weighted by molar-refractivity contribution is 9.10. The summed E-state index contributed by atoms with van der Waals surface area (Å²) in [4.78, 5) is 13.0. The molecule has 1 aromatic carbocycles. The van der Waals surface area contributed by atoms with Gasteiger partial charge in [-0.25, -0.2) is 4.79 Å². The van der Waals surface area contributed by atoms with Gasteiger partial charge in [-0.2, -0.15) is 5.26 Å². The Labute approximate surface area is 102 Å². The summed E-state index contributed by atoms with van der Waals surface area (Å²) in [6, 6.07) is 7.59. The van der Waals surface area contributed by atoms with Crippen molar-refractivity contribution < 1.29 is 9.53 Å². The first-order valence-corrected chi connectivity index (χ1v) is 5.55. The maximum atomic E-state index is 11.5. The van der Waals surface area contributed by atoms with E-state index in [0.29, 0.717) is 0 Å². The molecule has 0 N–H and O–H groups in total. The fourth-order valence-electron chi connectivity index (χ4n) is 1.56. The SMILES string of the molecule is Cc1ccc(N2CC(C#N)OC2=O)c(Br)c1. The van der Waals surface area contributed by atoms with Gasteiger partial charge in [0, 0.05) is 4.47 Å². The third-order valence-electron chi connectivity index (χ3n) is 2.35. The lowest BCUT2D eigenvalue weighted by Gasteiger charge is -2.14. The van der Waals surface area contributed by atoms with Crippen molar-refractivity contribution in [3.63, 3.8) is 0 Å². The highest BCUT2D eigenvalue weighted by atomic mass is 79.9. The van der Waals surface area contributed by atoms with E-state index in [1.165, 1.54) is 4.90 Å². The number of nitrogens with zero attached hydrogens (tertiary/aromatic N) is 2. The van der Waals surface area contributed by atoms with E-state index >= 15 is 0 Å². The molecule has 82 valence electrons. The van der Waals surface area contributed by atoms with Crippen molar-refractivity contribution in [1.82, 2.24) is 0 Å². The summed E-state index contributed by atoms with van der Waals surface area (Å²) in [5.41, 5.74) is 1.83. The monoisotopic (exact) mass is 280 g/mol. The van der Waals surface area contributed by atoms with Crippen LogP contribution in [0, 0.1) is 18.3 Å². The van der Waals surface area contributed by atoms with E-state index < -0.39 is 12.2 Å². The lowest BCUT2D eigenvalue weighted by atomic mass is 10.2. The maximum absolute atomic E-state index is 11.5. The number of nitriles is 1. The quantitative estimate of drug-likeness (QED) is 0.795. The Morgan fingerprint density at radius 3 is 2.94 bits per heavy atom. The molecule has 4 nitrogen and oxygen atoms in total. The lowest BCUT2D eigenvalue weighted by molar-refractivity contribution is 0.162. The zero-order valence-corrected chi connectivity index (χ0v) is 10.2. The summed E-state index contributed by atoms with van der Waals surface area (Å²) in [7, 11) is 0. The van der Waals surface area contributed by atoms with E-state index in [9.17, 15) is 4.79 Å². The van der Waals surface area contributed by atoms with Crippen LogP contribution in [0.15, 0.2) is 22.7 Å². The number of benzene rings is 1. The summed E-state index contributed by atoms with van der Waals surface area (Å²) in [5, 5.41) is 8.70. The largest absolute Gasteiger partial charge is 0.428 e. The van der Waals surface area contributed by atoms with Gasteiger partial charge in [0.15, 0.2) is 0 Å². The van der Waals surface area contributed by atoms with Crippen molar-refractivity contribution >= 4 is 27.7 Å². The summed E-state index contributed by atoms with van der Waals surface area (Å²) in [6.45, 7) is 2.24. The van der Waals surface area contributed by atoms with Crippen molar-refractivity contribution in [2.45, 2.75) is 13.0 Å². The summed E-state index contributed by atoms with van der Waals surface area (Å²) in [6.07, 6.45) is -1.16. The predicted molar refractivity (Wildman–Crippen MR) is 62.1 cm³/mol. The van der Waals surface area contributed by atoms with E-state index in [1.807, 2.05) is 31.2 Å². The minimum Gasteiger partial charge on any atom is -0.428 e. The number of carbonyl (C=O) groups is 1. The van der Waals surface area contributed by atoms with Crippen LogP contribution in [0.5, 0.6) is 0 Å². The van der Waals surface area contributed by atoms with Crippen molar-refractivity contribution in [3.8, 4) is 6.07 Å². The molecule has 0 saturated carbocycles. The Balaban J connectivity index is 2.32. The van der Waals surface area contributed by atoms with E-state index in [-0.39, 0.29) is 6.54 Å².